The highest BCUT2D eigenvalue weighted by molar-refractivity contribution is 6.04. The summed E-state index contributed by atoms with van der Waals surface area (Å²) in [6.45, 7) is 4.50. The van der Waals surface area contributed by atoms with E-state index in [4.69, 9.17) is 9.47 Å². The summed E-state index contributed by atoms with van der Waals surface area (Å²) in [5.41, 5.74) is 3.24. The van der Waals surface area contributed by atoms with E-state index in [-0.39, 0.29) is 24.1 Å². The third-order valence-corrected chi connectivity index (χ3v) is 9.07. The Balaban J connectivity index is 1.84. The van der Waals surface area contributed by atoms with Crippen LogP contribution < -0.4 is 0 Å². The van der Waals surface area contributed by atoms with Crippen molar-refractivity contribution in [3.63, 3.8) is 0 Å². The van der Waals surface area contributed by atoms with E-state index < -0.39 is 0 Å². The van der Waals surface area contributed by atoms with E-state index in [0.29, 0.717) is 11.1 Å². The van der Waals surface area contributed by atoms with E-state index in [1.54, 1.807) is 0 Å². The van der Waals surface area contributed by atoms with Gasteiger partial charge in [-0.3, -0.25) is 0 Å². The Morgan fingerprint density at radius 1 is 0.600 bits per heavy atom. The minimum atomic E-state index is -0.335. The van der Waals surface area contributed by atoms with E-state index in [0.717, 1.165) is 89.0 Å². The Morgan fingerprint density at radius 2 is 1.07 bits per heavy atom. The molecule has 0 aromatic heterocycles. The van der Waals surface area contributed by atoms with E-state index in [1.165, 1.54) is 76.2 Å². The largest absolute Gasteiger partial charge is 0.459 e. The smallest absolute Gasteiger partial charge is 0.339 e. The molecule has 0 N–H and O–H groups in total. The van der Waals surface area contributed by atoms with Crippen LogP contribution in [0.3, 0.4) is 0 Å². The van der Waals surface area contributed by atoms with E-state index in [1.807, 2.05) is 6.07 Å². The number of ether oxygens (including phenoxy) is 2. The Kier molecular flexibility index (Phi) is 15.8. The maximum atomic E-state index is 13.9. The lowest BCUT2D eigenvalue weighted by Crippen LogP contribution is -2.26. The fraction of sp³-hybridized carbons (Fsp3) is 0.778. The van der Waals surface area contributed by atoms with Crippen LogP contribution in [0.5, 0.6) is 0 Å². The van der Waals surface area contributed by atoms with Crippen LogP contribution in [0.25, 0.3) is 0 Å². The second-order valence-electron chi connectivity index (χ2n) is 12.5. The zero-order chi connectivity index (χ0) is 28.4. The van der Waals surface area contributed by atoms with Crippen LogP contribution in [0.4, 0.5) is 0 Å². The van der Waals surface area contributed by atoms with E-state index >= 15 is 0 Å². The minimum absolute atomic E-state index is 0.0340. The van der Waals surface area contributed by atoms with Gasteiger partial charge in [-0.1, -0.05) is 97.0 Å². The van der Waals surface area contributed by atoms with Gasteiger partial charge in [0.15, 0.2) is 0 Å². The van der Waals surface area contributed by atoms with E-state index in [9.17, 15) is 9.59 Å². The summed E-state index contributed by atoms with van der Waals surface area (Å²) in [7, 11) is 0. The molecular weight excluding hydrogens is 496 g/mol. The quantitative estimate of drug-likeness (QED) is 0.134. The van der Waals surface area contributed by atoms with Crippen LogP contribution in [0.15, 0.2) is 12.1 Å². The van der Waals surface area contributed by atoms with Gasteiger partial charge in [0.05, 0.1) is 11.1 Å². The lowest BCUT2D eigenvalue weighted by atomic mass is 9.89. The van der Waals surface area contributed by atoms with Gasteiger partial charge in [-0.05, 0) is 94.2 Å². The molecule has 0 heterocycles. The Morgan fingerprint density at radius 3 is 1.62 bits per heavy atom. The molecular formula is C36H58O4. The summed E-state index contributed by atoms with van der Waals surface area (Å²) in [5.74, 6) is -0.633. The van der Waals surface area contributed by atoms with Crippen molar-refractivity contribution in [1.29, 1.82) is 0 Å². The van der Waals surface area contributed by atoms with Crippen molar-refractivity contribution in [2.75, 3.05) is 0 Å². The van der Waals surface area contributed by atoms with Crippen molar-refractivity contribution in [3.05, 3.63) is 34.4 Å². The predicted octanol–water partition coefficient (Wildman–Crippen LogP) is 10.5. The van der Waals surface area contributed by atoms with Crippen molar-refractivity contribution >= 4 is 11.9 Å². The molecule has 0 bridgehead atoms. The standard InChI is InChI=1S/C36H58O4/c1-3-5-7-9-11-15-21-29-27-28-33(35(37)39-30-22-16-13-17-23-30)34(32(29)26-20-12-10-8-6-4-2)36(38)40-31-24-18-14-19-25-31/h27-28,30-31H,3-26H2,1-2H3. The number of benzene rings is 1. The maximum absolute atomic E-state index is 13.9. The lowest BCUT2D eigenvalue weighted by molar-refractivity contribution is 0.0162. The summed E-state index contributed by atoms with van der Waals surface area (Å²) in [4.78, 5) is 27.5. The summed E-state index contributed by atoms with van der Waals surface area (Å²) < 4.78 is 12.1. The molecule has 1 aromatic rings. The van der Waals surface area contributed by atoms with Gasteiger partial charge in [-0.2, -0.15) is 0 Å². The van der Waals surface area contributed by atoms with Crippen LogP contribution in [0, 0.1) is 0 Å². The Bertz CT molecular complexity index is 864. The number of aryl methyl sites for hydroxylation is 1. The molecule has 3 rings (SSSR count). The summed E-state index contributed by atoms with van der Waals surface area (Å²) in [5, 5.41) is 0. The normalized spacial score (nSPS) is 16.6. The van der Waals surface area contributed by atoms with E-state index in [2.05, 4.69) is 19.9 Å². The zero-order valence-electron chi connectivity index (χ0n) is 25.9. The second-order valence-corrected chi connectivity index (χ2v) is 12.5. The zero-order valence-corrected chi connectivity index (χ0v) is 25.9. The summed E-state index contributed by atoms with van der Waals surface area (Å²) >= 11 is 0. The molecule has 0 spiro atoms. The minimum Gasteiger partial charge on any atom is -0.459 e. The number of carbonyl (C=O) groups excluding carboxylic acids is 2. The van der Waals surface area contributed by atoms with Gasteiger partial charge >= 0.3 is 11.9 Å². The molecule has 1 aromatic carbocycles. The maximum Gasteiger partial charge on any atom is 0.339 e. The van der Waals surface area contributed by atoms with Gasteiger partial charge < -0.3 is 9.47 Å². The van der Waals surface area contributed by atoms with Gasteiger partial charge in [0.1, 0.15) is 12.2 Å². The van der Waals surface area contributed by atoms with Crippen molar-refractivity contribution in [3.8, 4) is 0 Å². The first-order valence-electron chi connectivity index (χ1n) is 17.2. The highest BCUT2D eigenvalue weighted by Gasteiger charge is 2.29. The lowest BCUT2D eigenvalue weighted by Gasteiger charge is -2.25. The number of carbonyl (C=O) groups is 2. The number of unbranched alkanes of at least 4 members (excludes halogenated alkanes) is 10. The first kappa shape index (κ1) is 32.7. The molecule has 0 saturated heterocycles. The van der Waals surface area contributed by atoms with Crippen molar-refractivity contribution in [2.45, 2.75) is 180 Å². The molecule has 2 aliphatic carbocycles. The van der Waals surface area contributed by atoms with Crippen LogP contribution in [0.2, 0.25) is 0 Å². The monoisotopic (exact) mass is 554 g/mol. The van der Waals surface area contributed by atoms with Crippen molar-refractivity contribution < 1.29 is 19.1 Å². The number of hydrogen-bond acceptors (Lipinski definition) is 4. The van der Waals surface area contributed by atoms with Gasteiger partial charge in [0.2, 0.25) is 0 Å². The molecule has 0 atom stereocenters. The highest BCUT2D eigenvalue weighted by Crippen LogP contribution is 2.30. The van der Waals surface area contributed by atoms with Crippen LogP contribution >= 0.6 is 0 Å². The molecule has 0 radical (unpaired) electrons. The second kappa shape index (κ2) is 19.3. The summed E-state index contributed by atoms with van der Waals surface area (Å²) in [6.07, 6.45) is 27.0. The van der Waals surface area contributed by atoms with Gasteiger partial charge in [0.25, 0.3) is 0 Å². The molecule has 40 heavy (non-hydrogen) atoms. The average Bonchev–Trinajstić information content (AvgIpc) is 2.97. The molecule has 226 valence electrons. The molecule has 4 nitrogen and oxygen atoms in total. The van der Waals surface area contributed by atoms with Crippen molar-refractivity contribution in [1.82, 2.24) is 0 Å². The first-order valence-corrected chi connectivity index (χ1v) is 17.2. The van der Waals surface area contributed by atoms with Gasteiger partial charge in [-0.25, -0.2) is 9.59 Å². The highest BCUT2D eigenvalue weighted by atomic mass is 16.5. The van der Waals surface area contributed by atoms with Crippen LogP contribution in [-0.2, 0) is 22.3 Å². The fourth-order valence-electron chi connectivity index (χ4n) is 6.58. The molecule has 4 heteroatoms. The Hall–Kier alpha value is -1.84. The number of hydrogen-bond donors (Lipinski definition) is 0. The van der Waals surface area contributed by atoms with Gasteiger partial charge in [-0.15, -0.1) is 0 Å². The fourth-order valence-corrected chi connectivity index (χ4v) is 6.58. The van der Waals surface area contributed by atoms with Gasteiger partial charge in [0, 0.05) is 0 Å². The molecule has 0 unspecified atom stereocenters. The molecule has 2 saturated carbocycles. The topological polar surface area (TPSA) is 52.6 Å². The summed E-state index contributed by atoms with van der Waals surface area (Å²) in [6, 6.07) is 3.99. The molecule has 0 amide bonds. The van der Waals surface area contributed by atoms with Crippen LogP contribution in [0.1, 0.15) is 187 Å². The Labute approximate surface area is 245 Å². The first-order chi connectivity index (χ1) is 19.6. The number of rotatable bonds is 18. The van der Waals surface area contributed by atoms with Crippen LogP contribution in [-0.4, -0.2) is 24.1 Å². The molecule has 2 aliphatic rings. The molecule has 0 aliphatic heterocycles. The third-order valence-electron chi connectivity index (χ3n) is 9.07. The SMILES string of the molecule is CCCCCCCCc1ccc(C(=O)OC2CCCCC2)c(C(=O)OC2CCCCC2)c1CCCCCCCC. The average molecular weight is 555 g/mol. The predicted molar refractivity (Wildman–Crippen MR) is 165 cm³/mol. The number of esters is 2. The molecule has 2 fully saturated rings. The van der Waals surface area contributed by atoms with Crippen molar-refractivity contribution in [2.24, 2.45) is 0 Å². The third kappa shape index (κ3) is 11.2.